The Labute approximate surface area is 434 Å². The number of rotatable bonds is 15. The third-order valence-corrected chi connectivity index (χ3v) is 15.3. The number of unbranched alkanes of at least 4 members (excludes halogenated alkanes) is 1. The molecule has 0 N–H and O–H groups in total. The molecule has 2 aromatic heterocycles. The standard InChI is InChI=1S/C71H66N2/c1-8-11-19-52-20-15-23-58(43-52)60-25-17-27-62(45-60)67-47-73-69(42-51(67)7)57-36-32-55(33-37-57)65-29-18-28-64(70(65)71(9-2,10-3)63-39-48(4)38-49(5)40-63)54-30-34-56(35-31-54)68-41-50(6)66(46-72-68)61-26-16-24-59(44-61)53-21-13-12-14-22-53/h12-18,20-47H,8-11,19H2,1-7H3. The molecule has 10 rings (SSSR count). The fourth-order valence-corrected chi connectivity index (χ4v) is 11.3. The molecular formula is C71H66N2. The third-order valence-electron chi connectivity index (χ3n) is 15.3. The Balaban J connectivity index is 0.982. The van der Waals surface area contributed by atoms with E-state index in [1.54, 1.807) is 0 Å². The molecule has 0 saturated heterocycles. The van der Waals surface area contributed by atoms with Gasteiger partial charge in [0.15, 0.2) is 0 Å². The van der Waals surface area contributed by atoms with Crippen LogP contribution in [0.15, 0.2) is 213 Å². The lowest BCUT2D eigenvalue weighted by atomic mass is 9.65. The molecular weight excluding hydrogens is 881 g/mol. The van der Waals surface area contributed by atoms with E-state index in [1.165, 1.54) is 107 Å². The number of hydrogen-bond acceptors (Lipinski definition) is 2. The van der Waals surface area contributed by atoms with Gasteiger partial charge < -0.3 is 0 Å². The summed E-state index contributed by atoms with van der Waals surface area (Å²) in [4.78, 5) is 10.1. The van der Waals surface area contributed by atoms with Crippen molar-refractivity contribution in [2.45, 2.75) is 86.0 Å². The van der Waals surface area contributed by atoms with E-state index in [0.29, 0.717) is 0 Å². The number of aryl methyl sites for hydroxylation is 5. The van der Waals surface area contributed by atoms with Crippen molar-refractivity contribution in [2.75, 3.05) is 0 Å². The van der Waals surface area contributed by atoms with E-state index in [-0.39, 0.29) is 5.41 Å². The van der Waals surface area contributed by atoms with Gasteiger partial charge in [0.25, 0.3) is 0 Å². The summed E-state index contributed by atoms with van der Waals surface area (Å²) >= 11 is 0. The van der Waals surface area contributed by atoms with Crippen LogP contribution in [-0.4, -0.2) is 9.97 Å². The lowest BCUT2D eigenvalue weighted by Crippen LogP contribution is -2.28. The molecule has 0 saturated carbocycles. The van der Waals surface area contributed by atoms with Crippen LogP contribution in [-0.2, 0) is 11.8 Å². The van der Waals surface area contributed by atoms with Crippen molar-refractivity contribution in [1.82, 2.24) is 9.97 Å². The molecule has 2 nitrogen and oxygen atoms in total. The Kier molecular flexibility index (Phi) is 14.3. The first-order valence-electron chi connectivity index (χ1n) is 26.4. The van der Waals surface area contributed by atoms with Crippen LogP contribution in [0.1, 0.15) is 85.4 Å². The van der Waals surface area contributed by atoms with Gasteiger partial charge in [-0.15, -0.1) is 0 Å². The third kappa shape index (κ3) is 10.1. The SMILES string of the molecule is CCCCc1cccc(-c2cccc(-c3cnc(-c4ccc(-c5cccc(-c6ccc(-c7cc(C)c(-c8cccc(-c9ccccc9)c8)cn7)cc6)c5C(CC)(CC)c5cc(C)cc(C)c5)cc4)cc3C)c2)c1. The number of aromatic nitrogens is 2. The Hall–Kier alpha value is -7.94. The molecule has 0 aliphatic carbocycles. The Morgan fingerprint density at radius 1 is 0.356 bits per heavy atom. The van der Waals surface area contributed by atoms with Crippen molar-refractivity contribution in [1.29, 1.82) is 0 Å². The van der Waals surface area contributed by atoms with E-state index in [9.17, 15) is 0 Å². The van der Waals surface area contributed by atoms with Gasteiger partial charge in [0.1, 0.15) is 0 Å². The van der Waals surface area contributed by atoms with Gasteiger partial charge in [-0.25, -0.2) is 0 Å². The Bertz CT molecular complexity index is 3520. The molecule has 360 valence electrons. The van der Waals surface area contributed by atoms with Crippen LogP contribution in [0.5, 0.6) is 0 Å². The van der Waals surface area contributed by atoms with Crippen LogP contribution < -0.4 is 0 Å². The summed E-state index contributed by atoms with van der Waals surface area (Å²) in [5, 5.41) is 0. The minimum atomic E-state index is -0.240. The zero-order valence-electron chi connectivity index (χ0n) is 43.6. The van der Waals surface area contributed by atoms with Crippen molar-refractivity contribution < 1.29 is 0 Å². The molecule has 73 heavy (non-hydrogen) atoms. The van der Waals surface area contributed by atoms with Gasteiger partial charge in [0.05, 0.1) is 11.4 Å². The molecule has 10 aromatic rings. The highest BCUT2D eigenvalue weighted by Crippen LogP contribution is 2.49. The zero-order chi connectivity index (χ0) is 50.5. The maximum Gasteiger partial charge on any atom is 0.0705 e. The number of hydrogen-bond donors (Lipinski definition) is 0. The summed E-state index contributed by atoms with van der Waals surface area (Å²) in [5.41, 5.74) is 27.6. The molecule has 0 fully saturated rings. The maximum atomic E-state index is 5.09. The molecule has 2 heterocycles. The van der Waals surface area contributed by atoms with Gasteiger partial charge in [0.2, 0.25) is 0 Å². The van der Waals surface area contributed by atoms with Crippen molar-refractivity contribution in [3.05, 3.63) is 252 Å². The van der Waals surface area contributed by atoms with Crippen LogP contribution in [0.4, 0.5) is 0 Å². The molecule has 0 atom stereocenters. The van der Waals surface area contributed by atoms with Crippen molar-refractivity contribution in [3.8, 4) is 89.3 Å². The second-order valence-corrected chi connectivity index (χ2v) is 20.1. The molecule has 8 aromatic carbocycles. The fourth-order valence-electron chi connectivity index (χ4n) is 11.3. The van der Waals surface area contributed by atoms with E-state index in [1.807, 2.05) is 6.20 Å². The van der Waals surface area contributed by atoms with Gasteiger partial charge in [-0.3, -0.25) is 9.97 Å². The first-order chi connectivity index (χ1) is 35.6. The molecule has 0 aliphatic rings. The summed E-state index contributed by atoms with van der Waals surface area (Å²) in [7, 11) is 0. The molecule has 0 spiro atoms. The topological polar surface area (TPSA) is 25.8 Å². The second-order valence-electron chi connectivity index (χ2n) is 20.1. The van der Waals surface area contributed by atoms with E-state index >= 15 is 0 Å². The highest BCUT2D eigenvalue weighted by molar-refractivity contribution is 5.84. The summed E-state index contributed by atoms with van der Waals surface area (Å²) in [6.45, 7) is 15.8. The summed E-state index contributed by atoms with van der Waals surface area (Å²) < 4.78 is 0. The van der Waals surface area contributed by atoms with Gasteiger partial charge >= 0.3 is 0 Å². The van der Waals surface area contributed by atoms with Crippen LogP contribution in [0.2, 0.25) is 0 Å². The van der Waals surface area contributed by atoms with Crippen molar-refractivity contribution in [2.24, 2.45) is 0 Å². The number of benzene rings is 8. The largest absolute Gasteiger partial charge is 0.256 e. The molecule has 0 amide bonds. The second kappa shape index (κ2) is 21.4. The van der Waals surface area contributed by atoms with Gasteiger partial charge in [-0.2, -0.15) is 0 Å². The number of pyridine rings is 2. The normalized spacial score (nSPS) is 11.5. The number of nitrogens with zero attached hydrogens (tertiary/aromatic N) is 2. The van der Waals surface area contributed by atoms with Gasteiger partial charge in [-0.05, 0) is 161 Å². The van der Waals surface area contributed by atoms with Crippen LogP contribution >= 0.6 is 0 Å². The lowest BCUT2D eigenvalue weighted by Gasteiger charge is -2.37. The maximum absolute atomic E-state index is 5.09. The molecule has 0 aliphatic heterocycles. The summed E-state index contributed by atoms with van der Waals surface area (Å²) in [5.74, 6) is 0. The minimum Gasteiger partial charge on any atom is -0.256 e. The molecule has 0 unspecified atom stereocenters. The Morgan fingerprint density at radius 2 is 0.795 bits per heavy atom. The predicted octanol–water partition coefficient (Wildman–Crippen LogP) is 19.5. The average Bonchev–Trinajstić information content (AvgIpc) is 3.43. The van der Waals surface area contributed by atoms with E-state index in [2.05, 4.69) is 255 Å². The first-order valence-corrected chi connectivity index (χ1v) is 26.4. The van der Waals surface area contributed by atoms with Gasteiger partial charge in [-0.1, -0.05) is 214 Å². The molecule has 0 radical (unpaired) electrons. The monoisotopic (exact) mass is 947 g/mol. The van der Waals surface area contributed by atoms with E-state index < -0.39 is 0 Å². The van der Waals surface area contributed by atoms with E-state index in [4.69, 9.17) is 9.97 Å². The predicted molar refractivity (Wildman–Crippen MR) is 311 cm³/mol. The fraction of sp³-hybridized carbons (Fsp3) is 0.183. The lowest BCUT2D eigenvalue weighted by molar-refractivity contribution is 0.480. The quantitative estimate of drug-likeness (QED) is 0.102. The van der Waals surface area contributed by atoms with Crippen LogP contribution in [0.3, 0.4) is 0 Å². The highest BCUT2D eigenvalue weighted by atomic mass is 14.7. The highest BCUT2D eigenvalue weighted by Gasteiger charge is 2.36. The summed E-state index contributed by atoms with van der Waals surface area (Å²) in [6, 6.07) is 74.0. The Morgan fingerprint density at radius 3 is 1.29 bits per heavy atom. The molecule has 2 heteroatoms. The van der Waals surface area contributed by atoms with Crippen LogP contribution in [0.25, 0.3) is 89.3 Å². The average molecular weight is 947 g/mol. The smallest absolute Gasteiger partial charge is 0.0705 e. The zero-order valence-corrected chi connectivity index (χ0v) is 43.6. The molecule has 0 bridgehead atoms. The van der Waals surface area contributed by atoms with Crippen molar-refractivity contribution >= 4 is 0 Å². The summed E-state index contributed by atoms with van der Waals surface area (Å²) in [6.07, 6.45) is 9.54. The van der Waals surface area contributed by atoms with Gasteiger partial charge in [0, 0.05) is 40.1 Å². The van der Waals surface area contributed by atoms with Crippen molar-refractivity contribution in [3.63, 3.8) is 0 Å². The first kappa shape index (κ1) is 48.7. The minimum absolute atomic E-state index is 0.240. The van der Waals surface area contributed by atoms with Crippen LogP contribution in [0, 0.1) is 27.7 Å². The van der Waals surface area contributed by atoms with E-state index in [0.717, 1.165) is 52.9 Å².